The monoisotopic (exact) mass is 596 g/mol. The van der Waals surface area contributed by atoms with Crippen molar-refractivity contribution in [1.82, 2.24) is 0 Å². The average Bonchev–Trinajstić information content (AvgIpc) is 2.98. The molecule has 0 spiro atoms. The average molecular weight is 597 g/mol. The van der Waals surface area contributed by atoms with Gasteiger partial charge in [0.1, 0.15) is 32.1 Å². The first-order valence-electron chi connectivity index (χ1n) is 16.3. The SMILES string of the molecule is O=CCCCCCCCCC(=O)OCC(COC(=O)CCCCCCCCC=O)OC(=O)CCCCCCCCC=O. The van der Waals surface area contributed by atoms with Gasteiger partial charge in [-0.05, 0) is 38.5 Å². The van der Waals surface area contributed by atoms with E-state index in [0.717, 1.165) is 115 Å². The van der Waals surface area contributed by atoms with Gasteiger partial charge in [-0.2, -0.15) is 0 Å². The highest BCUT2D eigenvalue weighted by Crippen LogP contribution is 2.12. The molecule has 0 radical (unpaired) electrons. The van der Waals surface area contributed by atoms with E-state index < -0.39 is 12.1 Å². The van der Waals surface area contributed by atoms with Crippen molar-refractivity contribution in [3.05, 3.63) is 0 Å². The molecular formula is C33H56O9. The Bertz CT molecular complexity index is 668. The molecule has 0 unspecified atom stereocenters. The van der Waals surface area contributed by atoms with Crippen LogP contribution in [0.3, 0.4) is 0 Å². The van der Waals surface area contributed by atoms with Crippen molar-refractivity contribution in [2.24, 2.45) is 0 Å². The molecule has 0 bridgehead atoms. The second-order valence-corrected chi connectivity index (χ2v) is 11.0. The van der Waals surface area contributed by atoms with E-state index in [1.165, 1.54) is 0 Å². The number of rotatable bonds is 32. The zero-order valence-electron chi connectivity index (χ0n) is 25.9. The van der Waals surface area contributed by atoms with Gasteiger partial charge in [0.25, 0.3) is 0 Å². The summed E-state index contributed by atoms with van der Waals surface area (Å²) >= 11 is 0. The first-order chi connectivity index (χ1) is 20.5. The van der Waals surface area contributed by atoms with E-state index >= 15 is 0 Å². The standard InChI is InChI=1S/C33H56O9/c34-25-19-13-7-1-4-10-16-22-31(37)40-28-30(42-33(39)24-18-12-6-3-9-15-21-27-36)29-41-32(38)23-17-11-5-2-8-14-20-26-35/h25-27,30H,1-24,28-29H2. The molecule has 0 saturated heterocycles. The van der Waals surface area contributed by atoms with Gasteiger partial charge >= 0.3 is 17.9 Å². The molecule has 0 aromatic heterocycles. The van der Waals surface area contributed by atoms with Crippen LogP contribution in [-0.4, -0.2) is 56.1 Å². The van der Waals surface area contributed by atoms with E-state index in [2.05, 4.69) is 0 Å². The molecule has 0 aromatic carbocycles. The molecule has 0 rings (SSSR count). The Kier molecular flexibility index (Phi) is 29.4. The van der Waals surface area contributed by atoms with Gasteiger partial charge in [0.15, 0.2) is 6.10 Å². The van der Waals surface area contributed by atoms with E-state index in [0.29, 0.717) is 38.5 Å². The van der Waals surface area contributed by atoms with Gasteiger partial charge < -0.3 is 28.6 Å². The zero-order chi connectivity index (χ0) is 30.9. The van der Waals surface area contributed by atoms with Crippen LogP contribution < -0.4 is 0 Å². The second-order valence-electron chi connectivity index (χ2n) is 11.0. The van der Waals surface area contributed by atoms with Crippen LogP contribution in [0.4, 0.5) is 0 Å². The van der Waals surface area contributed by atoms with Gasteiger partial charge in [-0.15, -0.1) is 0 Å². The highest BCUT2D eigenvalue weighted by molar-refractivity contribution is 5.71. The Labute approximate surface area is 253 Å². The van der Waals surface area contributed by atoms with Crippen molar-refractivity contribution in [3.8, 4) is 0 Å². The van der Waals surface area contributed by atoms with Crippen LogP contribution in [0.2, 0.25) is 0 Å². The third-order valence-electron chi connectivity index (χ3n) is 7.02. The van der Waals surface area contributed by atoms with Gasteiger partial charge in [-0.25, -0.2) is 0 Å². The van der Waals surface area contributed by atoms with Crippen LogP contribution in [0.1, 0.15) is 154 Å². The number of hydrogen-bond acceptors (Lipinski definition) is 9. The fourth-order valence-corrected chi connectivity index (χ4v) is 4.49. The van der Waals surface area contributed by atoms with Crippen molar-refractivity contribution < 1.29 is 43.0 Å². The minimum absolute atomic E-state index is 0.152. The summed E-state index contributed by atoms with van der Waals surface area (Å²) in [5, 5.41) is 0. The fraction of sp³-hybridized carbons (Fsp3) is 0.818. The van der Waals surface area contributed by atoms with Crippen molar-refractivity contribution in [1.29, 1.82) is 0 Å². The zero-order valence-corrected chi connectivity index (χ0v) is 25.9. The molecule has 42 heavy (non-hydrogen) atoms. The van der Waals surface area contributed by atoms with Crippen molar-refractivity contribution in [2.45, 2.75) is 160 Å². The van der Waals surface area contributed by atoms with Crippen LogP contribution >= 0.6 is 0 Å². The van der Waals surface area contributed by atoms with E-state index in [1.54, 1.807) is 0 Å². The van der Waals surface area contributed by atoms with E-state index in [-0.39, 0.29) is 44.4 Å². The first-order valence-corrected chi connectivity index (χ1v) is 16.3. The number of carbonyl (C=O) groups excluding carboxylic acids is 6. The third-order valence-corrected chi connectivity index (χ3v) is 7.02. The molecule has 0 aliphatic rings. The minimum atomic E-state index is -0.843. The van der Waals surface area contributed by atoms with Crippen LogP contribution in [0.15, 0.2) is 0 Å². The predicted molar refractivity (Wildman–Crippen MR) is 161 cm³/mol. The normalized spacial score (nSPS) is 10.8. The number of ether oxygens (including phenoxy) is 3. The number of aldehydes is 3. The Morgan fingerprint density at radius 3 is 1.02 bits per heavy atom. The molecule has 0 amide bonds. The summed E-state index contributed by atoms with van der Waals surface area (Å²) in [6.45, 7) is -0.303. The quantitative estimate of drug-likeness (QED) is 0.0350. The minimum Gasteiger partial charge on any atom is -0.462 e. The van der Waals surface area contributed by atoms with Gasteiger partial charge in [0.05, 0.1) is 0 Å². The van der Waals surface area contributed by atoms with Crippen molar-refractivity contribution in [3.63, 3.8) is 0 Å². The number of hydrogen-bond donors (Lipinski definition) is 0. The van der Waals surface area contributed by atoms with Crippen molar-refractivity contribution >= 4 is 36.8 Å². The molecule has 0 heterocycles. The first kappa shape index (κ1) is 39.4. The van der Waals surface area contributed by atoms with Crippen LogP contribution in [0.25, 0.3) is 0 Å². The van der Waals surface area contributed by atoms with Gasteiger partial charge in [0.2, 0.25) is 0 Å². The fourth-order valence-electron chi connectivity index (χ4n) is 4.49. The summed E-state index contributed by atoms with van der Waals surface area (Å²) in [5.41, 5.74) is 0. The summed E-state index contributed by atoms with van der Waals surface area (Å²) in [6.07, 6.45) is 21.2. The molecule has 0 aromatic rings. The lowest BCUT2D eigenvalue weighted by molar-refractivity contribution is -0.167. The predicted octanol–water partition coefficient (Wildman–Crippen LogP) is 6.94. The Morgan fingerprint density at radius 2 is 0.690 bits per heavy atom. The lowest BCUT2D eigenvalue weighted by Gasteiger charge is -2.18. The molecule has 0 aliphatic heterocycles. The number of carbonyl (C=O) groups is 6. The van der Waals surface area contributed by atoms with Gasteiger partial charge in [0, 0.05) is 38.5 Å². The Balaban J connectivity index is 4.37. The topological polar surface area (TPSA) is 130 Å². The Hall–Kier alpha value is -2.58. The van der Waals surface area contributed by atoms with E-state index in [9.17, 15) is 28.8 Å². The highest BCUT2D eigenvalue weighted by Gasteiger charge is 2.19. The van der Waals surface area contributed by atoms with Crippen LogP contribution in [0, 0.1) is 0 Å². The lowest BCUT2D eigenvalue weighted by atomic mass is 10.1. The molecule has 0 fully saturated rings. The second kappa shape index (κ2) is 31.4. The molecule has 9 nitrogen and oxygen atoms in total. The Morgan fingerprint density at radius 1 is 0.405 bits per heavy atom. The maximum atomic E-state index is 12.4. The van der Waals surface area contributed by atoms with E-state index in [1.807, 2.05) is 0 Å². The summed E-state index contributed by atoms with van der Waals surface area (Å²) in [4.78, 5) is 67.9. The molecular weight excluding hydrogens is 540 g/mol. The molecule has 242 valence electrons. The summed E-state index contributed by atoms with van der Waals surface area (Å²) in [5.74, 6) is -1.14. The lowest BCUT2D eigenvalue weighted by Crippen LogP contribution is -2.30. The van der Waals surface area contributed by atoms with Gasteiger partial charge in [-0.1, -0.05) is 77.0 Å². The molecule has 9 heteroatoms. The highest BCUT2D eigenvalue weighted by atomic mass is 16.6. The largest absolute Gasteiger partial charge is 0.462 e. The van der Waals surface area contributed by atoms with Gasteiger partial charge in [-0.3, -0.25) is 14.4 Å². The third kappa shape index (κ3) is 28.9. The maximum absolute atomic E-state index is 12.4. The summed E-state index contributed by atoms with van der Waals surface area (Å²) < 4.78 is 16.2. The maximum Gasteiger partial charge on any atom is 0.306 e. The summed E-state index contributed by atoms with van der Waals surface area (Å²) in [6, 6.07) is 0. The molecule has 0 aliphatic carbocycles. The molecule has 0 saturated carbocycles. The van der Waals surface area contributed by atoms with Crippen molar-refractivity contribution in [2.75, 3.05) is 13.2 Å². The number of unbranched alkanes of at least 4 members (excludes halogenated alkanes) is 18. The number of esters is 3. The molecule has 0 atom stereocenters. The van der Waals surface area contributed by atoms with Crippen LogP contribution in [0.5, 0.6) is 0 Å². The smallest absolute Gasteiger partial charge is 0.306 e. The van der Waals surface area contributed by atoms with Crippen LogP contribution in [-0.2, 0) is 43.0 Å². The van der Waals surface area contributed by atoms with E-state index in [4.69, 9.17) is 14.2 Å². The summed E-state index contributed by atoms with van der Waals surface area (Å²) in [7, 11) is 0. The molecule has 0 N–H and O–H groups in total.